The molecular weight excluding hydrogens is 288 g/mol. The maximum absolute atomic E-state index is 11.8. The molecular formula is C14H22N4O4. The monoisotopic (exact) mass is 310 g/mol. The zero-order valence-corrected chi connectivity index (χ0v) is 13.5. The molecule has 0 heterocycles. The molecule has 0 aromatic carbocycles. The van der Waals surface area contributed by atoms with Crippen LogP contribution in [0.25, 0.3) is 0 Å². The summed E-state index contributed by atoms with van der Waals surface area (Å²) in [6.07, 6.45) is 0.138. The lowest BCUT2D eigenvalue weighted by molar-refractivity contribution is -0.124. The van der Waals surface area contributed by atoms with Gasteiger partial charge in [-0.1, -0.05) is 20.8 Å². The van der Waals surface area contributed by atoms with E-state index in [4.69, 9.17) is 5.26 Å². The second-order valence-corrected chi connectivity index (χ2v) is 5.50. The second-order valence-electron chi connectivity index (χ2n) is 5.50. The number of carbonyl (C=O) groups is 3. The Hall–Kier alpha value is -2.43. The molecule has 8 nitrogen and oxygen atoms in total. The number of hydrogen-bond donors (Lipinski definition) is 2. The van der Waals surface area contributed by atoms with E-state index in [1.807, 2.05) is 26.1 Å². The molecule has 0 saturated carbocycles. The molecule has 0 aliphatic heterocycles. The minimum Gasteiger partial charge on any atom is -0.450 e. The van der Waals surface area contributed by atoms with E-state index in [1.54, 1.807) is 13.0 Å². The lowest BCUT2D eigenvalue weighted by Crippen LogP contribution is -2.41. The number of amides is 3. The highest BCUT2D eigenvalue weighted by atomic mass is 16.5. The number of rotatable bonds is 5. The molecule has 2 N–H and O–H groups in total. The Labute approximate surface area is 129 Å². The van der Waals surface area contributed by atoms with Crippen LogP contribution in [0.1, 0.15) is 27.7 Å². The van der Waals surface area contributed by atoms with Gasteiger partial charge in [-0.25, -0.2) is 4.79 Å². The first-order valence-corrected chi connectivity index (χ1v) is 6.79. The Morgan fingerprint density at radius 2 is 1.91 bits per heavy atom. The van der Waals surface area contributed by atoms with Gasteiger partial charge < -0.3 is 10.1 Å². The molecule has 122 valence electrons. The fourth-order valence-electron chi connectivity index (χ4n) is 1.50. The molecule has 0 fully saturated rings. The molecule has 0 radical (unpaired) electrons. The van der Waals surface area contributed by atoms with Gasteiger partial charge in [0.2, 0.25) is 5.91 Å². The highest BCUT2D eigenvalue weighted by molar-refractivity contribution is 6.03. The van der Waals surface area contributed by atoms with Crippen LogP contribution < -0.4 is 10.6 Å². The molecule has 0 aromatic rings. The fourth-order valence-corrected chi connectivity index (χ4v) is 1.50. The van der Waals surface area contributed by atoms with Crippen molar-refractivity contribution in [1.29, 1.82) is 5.26 Å². The zero-order valence-electron chi connectivity index (χ0n) is 13.5. The number of hydrogen-bond acceptors (Lipinski definition) is 6. The van der Waals surface area contributed by atoms with E-state index in [2.05, 4.69) is 15.0 Å². The van der Waals surface area contributed by atoms with Crippen molar-refractivity contribution in [3.63, 3.8) is 0 Å². The molecule has 8 heteroatoms. The van der Waals surface area contributed by atoms with Gasteiger partial charge in [0.1, 0.15) is 6.04 Å². The Morgan fingerprint density at radius 1 is 1.32 bits per heavy atom. The number of ether oxygens (including phenoxy) is 1. The number of alkyl carbamates (subject to hydrolysis) is 1. The zero-order chi connectivity index (χ0) is 17.3. The first-order chi connectivity index (χ1) is 10.2. The average Bonchev–Trinajstić information content (AvgIpc) is 2.41. The number of nitriles is 1. The second kappa shape index (κ2) is 8.77. The average molecular weight is 310 g/mol. The summed E-state index contributed by atoms with van der Waals surface area (Å²) >= 11 is 0. The highest BCUT2D eigenvalue weighted by Crippen LogP contribution is 2.22. The van der Waals surface area contributed by atoms with Crippen LogP contribution in [0.15, 0.2) is 4.99 Å². The van der Waals surface area contributed by atoms with Gasteiger partial charge in [-0.05, 0) is 12.3 Å². The van der Waals surface area contributed by atoms with Crippen molar-refractivity contribution in [2.24, 2.45) is 16.3 Å². The summed E-state index contributed by atoms with van der Waals surface area (Å²) in [5, 5.41) is 13.4. The van der Waals surface area contributed by atoms with E-state index >= 15 is 0 Å². The summed E-state index contributed by atoms with van der Waals surface area (Å²) in [5.74, 6) is -2.47. The van der Waals surface area contributed by atoms with Gasteiger partial charge in [0, 0.05) is 13.3 Å². The number of imide groups is 1. The molecule has 0 spiro atoms. The molecule has 3 amide bonds. The summed E-state index contributed by atoms with van der Waals surface area (Å²) in [7, 11) is 1.48. The molecule has 0 aliphatic rings. The van der Waals surface area contributed by atoms with Gasteiger partial charge >= 0.3 is 6.09 Å². The number of carbonyl (C=O) groups excluding carboxylic acids is 3. The van der Waals surface area contributed by atoms with Crippen molar-refractivity contribution in [2.45, 2.75) is 33.7 Å². The molecule has 0 bridgehead atoms. The smallest absolute Gasteiger partial charge is 0.413 e. The van der Waals surface area contributed by atoms with Crippen molar-refractivity contribution in [3.05, 3.63) is 0 Å². The Balaban J connectivity index is 5.04. The third-order valence-corrected chi connectivity index (χ3v) is 2.62. The first-order valence-electron chi connectivity index (χ1n) is 6.79. The maximum Gasteiger partial charge on any atom is 0.413 e. The van der Waals surface area contributed by atoms with Gasteiger partial charge in [-0.15, -0.1) is 0 Å². The van der Waals surface area contributed by atoms with Crippen molar-refractivity contribution in [3.8, 4) is 6.07 Å². The van der Waals surface area contributed by atoms with E-state index in [-0.39, 0.29) is 12.5 Å². The first kappa shape index (κ1) is 19.6. The summed E-state index contributed by atoms with van der Waals surface area (Å²) < 4.78 is 4.55. The predicted octanol–water partition coefficient (Wildman–Crippen LogP) is 0.630. The van der Waals surface area contributed by atoms with Crippen LogP contribution in [0.3, 0.4) is 0 Å². The molecule has 0 unspecified atom stereocenters. The number of nitrogens with one attached hydrogen (secondary N) is 2. The minimum absolute atomic E-state index is 0.104. The normalized spacial score (nSPS) is 13.8. The van der Waals surface area contributed by atoms with Gasteiger partial charge in [-0.2, -0.15) is 5.26 Å². The van der Waals surface area contributed by atoms with Crippen LogP contribution in [-0.2, 0) is 14.3 Å². The predicted molar refractivity (Wildman–Crippen MR) is 80.1 cm³/mol. The Morgan fingerprint density at radius 3 is 2.32 bits per heavy atom. The lowest BCUT2D eigenvalue weighted by Gasteiger charge is -2.25. The largest absolute Gasteiger partial charge is 0.450 e. The Kier molecular flexibility index (Phi) is 7.80. The van der Waals surface area contributed by atoms with Crippen LogP contribution in [0.4, 0.5) is 4.79 Å². The van der Waals surface area contributed by atoms with Crippen LogP contribution in [0, 0.1) is 22.7 Å². The van der Waals surface area contributed by atoms with E-state index in [1.165, 1.54) is 7.05 Å². The van der Waals surface area contributed by atoms with E-state index in [0.717, 1.165) is 6.21 Å². The molecule has 2 atom stereocenters. The molecule has 0 aromatic heterocycles. The topological polar surface area (TPSA) is 121 Å². The SMILES string of the molecule is CCOC(=O)NC(=O)[C@@H](C#N)C=N[C@@H](C(=O)NC)C(C)(C)C. The highest BCUT2D eigenvalue weighted by Gasteiger charge is 2.30. The van der Waals surface area contributed by atoms with Crippen LogP contribution in [-0.4, -0.2) is 43.8 Å². The molecule has 22 heavy (non-hydrogen) atoms. The summed E-state index contributed by atoms with van der Waals surface area (Å²) in [6.45, 7) is 7.12. The summed E-state index contributed by atoms with van der Waals surface area (Å²) in [6, 6.07) is 0.952. The molecule has 0 saturated heterocycles. The number of nitrogens with zero attached hydrogens (tertiary/aromatic N) is 2. The lowest BCUT2D eigenvalue weighted by atomic mass is 9.86. The van der Waals surface area contributed by atoms with Gasteiger partial charge in [-0.3, -0.25) is 19.9 Å². The van der Waals surface area contributed by atoms with Gasteiger partial charge in [0.05, 0.1) is 12.7 Å². The quantitative estimate of drug-likeness (QED) is 0.721. The van der Waals surface area contributed by atoms with Crippen molar-refractivity contribution in [1.82, 2.24) is 10.6 Å². The molecule has 0 aliphatic carbocycles. The van der Waals surface area contributed by atoms with Crippen molar-refractivity contribution < 1.29 is 19.1 Å². The van der Waals surface area contributed by atoms with Crippen LogP contribution in [0.2, 0.25) is 0 Å². The number of aliphatic imine (C=N–C) groups is 1. The summed E-state index contributed by atoms with van der Waals surface area (Å²) in [5.41, 5.74) is -0.492. The maximum atomic E-state index is 11.8. The minimum atomic E-state index is -1.29. The van der Waals surface area contributed by atoms with Gasteiger partial charge in [0.25, 0.3) is 5.91 Å². The standard InChI is InChI=1S/C14H22N4O4/c1-6-22-13(21)18-11(19)9(7-15)8-17-10(12(20)16-5)14(2,3)4/h8-10H,6H2,1-5H3,(H,16,20)(H,18,19,21)/t9-,10-/m0/s1. The summed E-state index contributed by atoms with van der Waals surface area (Å²) in [4.78, 5) is 38.7. The number of likely N-dealkylation sites (N-methyl/N-ethyl adjacent to an activating group) is 1. The Bertz CT molecular complexity index is 488. The molecule has 0 rings (SSSR count). The van der Waals surface area contributed by atoms with Crippen LogP contribution in [0.5, 0.6) is 0 Å². The van der Waals surface area contributed by atoms with Crippen molar-refractivity contribution in [2.75, 3.05) is 13.7 Å². The van der Waals surface area contributed by atoms with E-state index in [0.29, 0.717) is 0 Å². The fraction of sp³-hybridized carbons (Fsp3) is 0.643. The van der Waals surface area contributed by atoms with Crippen molar-refractivity contribution >= 4 is 24.1 Å². The van der Waals surface area contributed by atoms with E-state index in [9.17, 15) is 14.4 Å². The van der Waals surface area contributed by atoms with Crippen LogP contribution >= 0.6 is 0 Å². The third kappa shape index (κ3) is 6.35. The van der Waals surface area contributed by atoms with Gasteiger partial charge in [0.15, 0.2) is 5.92 Å². The van der Waals surface area contributed by atoms with E-state index < -0.39 is 29.4 Å². The third-order valence-electron chi connectivity index (χ3n) is 2.62.